The van der Waals surface area contributed by atoms with E-state index < -0.39 is 17.6 Å². The minimum absolute atomic E-state index is 0.106. The molecule has 0 aromatic heterocycles. The predicted octanol–water partition coefficient (Wildman–Crippen LogP) is 2.27. The molecule has 118 valence electrons. The third-order valence-electron chi connectivity index (χ3n) is 3.17. The standard InChI is InChI=1S/C13H18F3N3O2/c1-8(7-21-3)19(2)9-4-5-10(12(17)18-20)11(6-9)13(14,15)16/h4-6,8,20H,7H2,1-3H3,(H2,17,18). The lowest BCUT2D eigenvalue weighted by molar-refractivity contribution is -0.137. The van der Waals surface area contributed by atoms with E-state index >= 15 is 0 Å². The third kappa shape index (κ3) is 4.01. The Balaban J connectivity index is 3.28. The van der Waals surface area contributed by atoms with Crippen LogP contribution in [-0.4, -0.2) is 37.8 Å². The van der Waals surface area contributed by atoms with Gasteiger partial charge in [0.2, 0.25) is 0 Å². The van der Waals surface area contributed by atoms with Crippen LogP contribution in [0, 0.1) is 0 Å². The quantitative estimate of drug-likeness (QED) is 0.379. The number of alkyl halides is 3. The van der Waals surface area contributed by atoms with Gasteiger partial charge in [0.1, 0.15) is 0 Å². The van der Waals surface area contributed by atoms with E-state index in [1.165, 1.54) is 19.2 Å². The Kier molecular flexibility index (Phi) is 5.42. The van der Waals surface area contributed by atoms with E-state index in [-0.39, 0.29) is 11.6 Å². The van der Waals surface area contributed by atoms with E-state index in [1.807, 2.05) is 6.92 Å². The normalized spacial score (nSPS) is 14.1. The molecule has 0 amide bonds. The van der Waals surface area contributed by atoms with Gasteiger partial charge in [-0.2, -0.15) is 13.2 Å². The zero-order chi connectivity index (χ0) is 16.2. The van der Waals surface area contributed by atoms with Crippen molar-refractivity contribution in [2.45, 2.75) is 19.1 Å². The van der Waals surface area contributed by atoms with Crippen LogP contribution in [0.25, 0.3) is 0 Å². The number of amidine groups is 1. The molecule has 5 nitrogen and oxygen atoms in total. The van der Waals surface area contributed by atoms with Gasteiger partial charge in [0.25, 0.3) is 0 Å². The van der Waals surface area contributed by atoms with Crippen LogP contribution in [-0.2, 0) is 10.9 Å². The predicted molar refractivity (Wildman–Crippen MR) is 73.7 cm³/mol. The summed E-state index contributed by atoms with van der Waals surface area (Å²) in [7, 11) is 3.19. The number of nitrogens with two attached hydrogens (primary N) is 1. The number of anilines is 1. The molecule has 0 heterocycles. The van der Waals surface area contributed by atoms with E-state index in [4.69, 9.17) is 15.7 Å². The fraction of sp³-hybridized carbons (Fsp3) is 0.462. The van der Waals surface area contributed by atoms with Gasteiger partial charge >= 0.3 is 6.18 Å². The van der Waals surface area contributed by atoms with Gasteiger partial charge in [0, 0.05) is 31.5 Å². The van der Waals surface area contributed by atoms with Crippen molar-refractivity contribution in [3.05, 3.63) is 29.3 Å². The average Bonchev–Trinajstić information content (AvgIpc) is 2.44. The summed E-state index contributed by atoms with van der Waals surface area (Å²) in [6.07, 6.45) is -4.61. The zero-order valence-corrected chi connectivity index (χ0v) is 12.0. The number of nitrogens with zero attached hydrogens (tertiary/aromatic N) is 2. The summed E-state index contributed by atoms with van der Waals surface area (Å²) < 4.78 is 44.3. The maximum absolute atomic E-state index is 13.1. The molecule has 0 aliphatic carbocycles. The molecule has 21 heavy (non-hydrogen) atoms. The van der Waals surface area contributed by atoms with Crippen LogP contribution < -0.4 is 10.6 Å². The van der Waals surface area contributed by atoms with Crippen molar-refractivity contribution in [2.24, 2.45) is 10.9 Å². The molecule has 0 radical (unpaired) electrons. The van der Waals surface area contributed by atoms with Crippen LogP contribution in [0.15, 0.2) is 23.4 Å². The second-order valence-electron chi connectivity index (χ2n) is 4.63. The largest absolute Gasteiger partial charge is 0.417 e. The first-order valence-corrected chi connectivity index (χ1v) is 6.13. The van der Waals surface area contributed by atoms with Gasteiger partial charge in [-0.15, -0.1) is 0 Å². The maximum atomic E-state index is 13.1. The zero-order valence-electron chi connectivity index (χ0n) is 12.0. The molecule has 0 spiro atoms. The molecule has 0 fully saturated rings. The molecule has 1 unspecified atom stereocenters. The average molecular weight is 305 g/mol. The van der Waals surface area contributed by atoms with Gasteiger partial charge in [-0.25, -0.2) is 0 Å². The number of methoxy groups -OCH3 is 1. The molecule has 1 aromatic rings. The first-order valence-electron chi connectivity index (χ1n) is 6.13. The smallest absolute Gasteiger partial charge is 0.409 e. The lowest BCUT2D eigenvalue weighted by Gasteiger charge is -2.27. The number of rotatable bonds is 5. The molecule has 0 aliphatic heterocycles. The highest BCUT2D eigenvalue weighted by Gasteiger charge is 2.35. The minimum atomic E-state index is -4.61. The van der Waals surface area contributed by atoms with Crippen molar-refractivity contribution in [1.82, 2.24) is 0 Å². The van der Waals surface area contributed by atoms with Crippen LogP contribution in [0.1, 0.15) is 18.1 Å². The Morgan fingerprint density at radius 2 is 2.10 bits per heavy atom. The Hall–Kier alpha value is -1.96. The van der Waals surface area contributed by atoms with Gasteiger partial charge in [0.05, 0.1) is 12.2 Å². The van der Waals surface area contributed by atoms with Gasteiger partial charge in [0.15, 0.2) is 5.84 Å². The summed E-state index contributed by atoms with van der Waals surface area (Å²) in [6, 6.07) is 3.53. The molecule has 1 rings (SSSR count). The topological polar surface area (TPSA) is 71.1 Å². The van der Waals surface area contributed by atoms with Crippen LogP contribution >= 0.6 is 0 Å². The monoisotopic (exact) mass is 305 g/mol. The summed E-state index contributed by atoms with van der Waals surface area (Å²) in [5, 5.41) is 11.2. The molecular weight excluding hydrogens is 287 g/mol. The first-order chi connectivity index (χ1) is 9.72. The SMILES string of the molecule is COCC(C)N(C)c1ccc(C(N)=NO)c(C(F)(F)F)c1. The number of oxime groups is 1. The molecule has 0 saturated carbocycles. The Morgan fingerprint density at radius 1 is 1.48 bits per heavy atom. The van der Waals surface area contributed by atoms with Crippen LogP contribution in [0.5, 0.6) is 0 Å². The summed E-state index contributed by atoms with van der Waals surface area (Å²) in [4.78, 5) is 1.66. The Bertz CT molecular complexity index is 518. The molecule has 0 aliphatic rings. The molecule has 3 N–H and O–H groups in total. The van der Waals surface area contributed by atoms with Crippen LogP contribution in [0.2, 0.25) is 0 Å². The van der Waals surface area contributed by atoms with Crippen molar-refractivity contribution < 1.29 is 23.1 Å². The number of hydrogen-bond acceptors (Lipinski definition) is 4. The van der Waals surface area contributed by atoms with E-state index in [0.717, 1.165) is 6.07 Å². The highest BCUT2D eigenvalue weighted by atomic mass is 19.4. The fourth-order valence-corrected chi connectivity index (χ4v) is 1.87. The second-order valence-corrected chi connectivity index (χ2v) is 4.63. The van der Waals surface area contributed by atoms with Gasteiger partial charge in [-0.05, 0) is 25.1 Å². The number of halogens is 3. The van der Waals surface area contributed by atoms with Crippen molar-refractivity contribution in [1.29, 1.82) is 0 Å². The first kappa shape index (κ1) is 17.1. The molecule has 0 bridgehead atoms. The highest BCUT2D eigenvalue weighted by molar-refractivity contribution is 5.99. The van der Waals surface area contributed by atoms with Crippen LogP contribution in [0.3, 0.4) is 0 Å². The fourth-order valence-electron chi connectivity index (χ4n) is 1.87. The van der Waals surface area contributed by atoms with Crippen LogP contribution in [0.4, 0.5) is 18.9 Å². The van der Waals surface area contributed by atoms with Crippen molar-refractivity contribution in [3.63, 3.8) is 0 Å². The number of hydrogen-bond donors (Lipinski definition) is 2. The summed E-state index contributed by atoms with van der Waals surface area (Å²) in [5.74, 6) is -0.582. The van der Waals surface area contributed by atoms with Gasteiger partial charge < -0.3 is 20.6 Å². The van der Waals surface area contributed by atoms with Gasteiger partial charge in [-0.3, -0.25) is 0 Å². The molecule has 1 atom stereocenters. The number of ether oxygens (including phenoxy) is 1. The lowest BCUT2D eigenvalue weighted by Crippen LogP contribution is -2.33. The summed E-state index contributed by atoms with van der Waals surface area (Å²) >= 11 is 0. The van der Waals surface area contributed by atoms with Gasteiger partial charge in [-0.1, -0.05) is 5.16 Å². The number of likely N-dealkylation sites (N-methyl/N-ethyl adjacent to an activating group) is 1. The third-order valence-corrected chi connectivity index (χ3v) is 3.17. The maximum Gasteiger partial charge on any atom is 0.417 e. The van der Waals surface area contributed by atoms with Crippen molar-refractivity contribution in [2.75, 3.05) is 25.7 Å². The van der Waals surface area contributed by atoms with E-state index in [0.29, 0.717) is 12.3 Å². The Labute approximate surface area is 120 Å². The lowest BCUT2D eigenvalue weighted by atomic mass is 10.0. The Morgan fingerprint density at radius 3 is 2.57 bits per heavy atom. The number of benzene rings is 1. The van der Waals surface area contributed by atoms with Crippen molar-refractivity contribution in [3.8, 4) is 0 Å². The molecule has 8 heteroatoms. The summed E-state index contributed by atoms with van der Waals surface area (Å²) in [5.41, 5.74) is 4.34. The minimum Gasteiger partial charge on any atom is -0.409 e. The molecular formula is C13H18F3N3O2. The molecule has 1 aromatic carbocycles. The summed E-state index contributed by atoms with van der Waals surface area (Å²) in [6.45, 7) is 2.20. The highest BCUT2D eigenvalue weighted by Crippen LogP contribution is 2.34. The van der Waals surface area contributed by atoms with E-state index in [2.05, 4.69) is 5.16 Å². The van der Waals surface area contributed by atoms with E-state index in [9.17, 15) is 13.2 Å². The second kappa shape index (κ2) is 6.66. The molecule has 0 saturated heterocycles. The van der Waals surface area contributed by atoms with E-state index in [1.54, 1.807) is 11.9 Å². The van der Waals surface area contributed by atoms with Crippen molar-refractivity contribution >= 4 is 11.5 Å².